The average Bonchev–Trinajstić information content (AvgIpc) is 2.26. The number of nitrogens with one attached hydrogen (secondary N) is 1. The van der Waals surface area contributed by atoms with E-state index < -0.39 is 0 Å². The smallest absolute Gasteiger partial charge is 0.0135 e. The first-order valence-corrected chi connectivity index (χ1v) is 3.40. The predicted octanol–water partition coefficient (Wildman–Crippen LogP) is 3.01. The zero-order valence-corrected chi connectivity index (χ0v) is 8.05. The maximum Gasteiger partial charge on any atom is 0.0135 e. The van der Waals surface area contributed by atoms with Crippen molar-refractivity contribution in [2.75, 3.05) is 0 Å². The van der Waals surface area contributed by atoms with Crippen molar-refractivity contribution in [3.05, 3.63) is 0 Å². The van der Waals surface area contributed by atoms with Crippen molar-refractivity contribution in [1.29, 1.82) is 5.53 Å². The Kier molecular flexibility index (Phi) is 9.79. The third-order valence-electron chi connectivity index (χ3n) is 0.496. The highest BCUT2D eigenvalue weighted by atomic mass is 31.0. The molecule has 78 valence electrons. The zero-order chi connectivity index (χ0) is 11.2. The van der Waals surface area contributed by atoms with Crippen LogP contribution in [0, 0.1) is 5.53 Å². The van der Waals surface area contributed by atoms with Crippen LogP contribution in [-0.2, 0) is 0 Å². The van der Waals surface area contributed by atoms with E-state index in [1.807, 2.05) is 9.39 Å². The Bertz CT molecular complexity index is 312. The van der Waals surface area contributed by atoms with E-state index in [1.54, 1.807) is 0 Å². The minimum atomic E-state index is 1.94. The monoisotopic (exact) mass is 230 g/mol. The van der Waals surface area contributed by atoms with Crippen LogP contribution in [0.25, 0.3) is 0 Å². The lowest BCUT2D eigenvalue weighted by Crippen LogP contribution is -1.49. The minimum Gasteiger partial charge on any atom is -0.183 e. The van der Waals surface area contributed by atoms with E-state index in [1.165, 1.54) is 0 Å². The van der Waals surface area contributed by atoms with Crippen molar-refractivity contribution < 1.29 is 0 Å². The van der Waals surface area contributed by atoms with Crippen molar-refractivity contribution in [3.63, 3.8) is 0 Å². The van der Waals surface area contributed by atoms with Crippen LogP contribution in [0.5, 0.6) is 0 Å². The highest BCUT2D eigenvalue weighted by Crippen LogP contribution is 1.89. The van der Waals surface area contributed by atoms with E-state index in [-0.39, 0.29) is 0 Å². The maximum atomic E-state index is 6.16. The molecule has 0 spiro atoms. The third-order valence-corrected chi connectivity index (χ3v) is 0.600. The Labute approximate surface area is 83.5 Å². The van der Waals surface area contributed by atoms with E-state index in [9.17, 15) is 0 Å². The summed E-state index contributed by atoms with van der Waals surface area (Å²) in [6.45, 7) is 0. The second kappa shape index (κ2) is 11.6. The van der Waals surface area contributed by atoms with Gasteiger partial charge in [0.1, 0.15) is 0 Å². The van der Waals surface area contributed by atoms with E-state index in [4.69, 9.17) is 5.53 Å². The van der Waals surface area contributed by atoms with Gasteiger partial charge in [0.25, 0.3) is 0 Å². The quantitative estimate of drug-likeness (QED) is 0.399. The molecule has 15 heavy (non-hydrogen) atoms. The van der Waals surface area contributed by atoms with Crippen LogP contribution < -0.4 is 0 Å². The van der Waals surface area contributed by atoms with Crippen LogP contribution in [0.1, 0.15) is 0 Å². The standard InChI is InChI=1S/H3N14P/c1-2-3-4-5-6-7-8-9-10-11-12-13-14-15/h1H,15H2. The fourth-order valence-corrected chi connectivity index (χ4v) is 0.250. The Morgan fingerprint density at radius 3 is 1.20 bits per heavy atom. The van der Waals surface area contributed by atoms with Crippen molar-refractivity contribution in [3.8, 4) is 0 Å². The Morgan fingerprint density at radius 1 is 0.533 bits per heavy atom. The van der Waals surface area contributed by atoms with Crippen molar-refractivity contribution in [2.24, 2.45) is 67.6 Å². The van der Waals surface area contributed by atoms with Crippen molar-refractivity contribution >= 4 is 9.39 Å². The zero-order valence-electron chi connectivity index (χ0n) is 6.89. The topological polar surface area (TPSA) is 185 Å². The lowest BCUT2D eigenvalue weighted by atomic mass is 12.3. The normalized spacial score (nSPS) is 13.7. The summed E-state index contributed by atoms with van der Waals surface area (Å²) >= 11 is 0. The Morgan fingerprint density at radius 2 is 0.867 bits per heavy atom. The molecule has 0 aromatic heterocycles. The molecule has 0 aliphatic carbocycles. The van der Waals surface area contributed by atoms with Gasteiger partial charge in [-0.05, 0) is 62.7 Å². The molecular formula is H3N14P. The maximum absolute atomic E-state index is 6.16. The molecule has 0 bridgehead atoms. The first-order valence-electron chi connectivity index (χ1n) is 2.88. The van der Waals surface area contributed by atoms with Crippen LogP contribution in [0.3, 0.4) is 0 Å². The van der Waals surface area contributed by atoms with Crippen LogP contribution in [0.4, 0.5) is 0 Å². The van der Waals surface area contributed by atoms with Crippen LogP contribution in [0.15, 0.2) is 67.6 Å². The highest BCUT2D eigenvalue weighted by molar-refractivity contribution is 7.14. The summed E-state index contributed by atoms with van der Waals surface area (Å²) in [6.07, 6.45) is 0. The van der Waals surface area contributed by atoms with Crippen LogP contribution >= 0.6 is 9.39 Å². The molecule has 0 saturated carbocycles. The molecule has 0 rings (SSSR count). The van der Waals surface area contributed by atoms with Crippen molar-refractivity contribution in [1.82, 2.24) is 0 Å². The molecule has 0 heterocycles. The molecule has 14 nitrogen and oxygen atoms in total. The van der Waals surface area contributed by atoms with E-state index >= 15 is 0 Å². The first-order chi connectivity index (χ1) is 7.41. The summed E-state index contributed by atoms with van der Waals surface area (Å²) in [7, 11) is 1.94. The molecular weight excluding hydrogens is 227 g/mol. The first kappa shape index (κ1) is 12.6. The second-order valence-electron chi connectivity index (χ2n) is 1.20. The minimum absolute atomic E-state index is 1.94. The lowest BCUT2D eigenvalue weighted by molar-refractivity contribution is 0.752. The molecule has 0 aliphatic heterocycles. The van der Waals surface area contributed by atoms with Gasteiger partial charge >= 0.3 is 0 Å². The average molecular weight is 230 g/mol. The van der Waals surface area contributed by atoms with Crippen LogP contribution in [0.2, 0.25) is 0 Å². The fraction of sp³-hybridized carbons (Fsp3) is 0. The van der Waals surface area contributed by atoms with Gasteiger partial charge in [0.05, 0.1) is 0 Å². The largest absolute Gasteiger partial charge is 0.183 e. The molecule has 0 amide bonds. The molecule has 1 unspecified atom stereocenters. The van der Waals surface area contributed by atoms with Gasteiger partial charge in [-0.15, -0.1) is 0 Å². The molecule has 0 aromatic carbocycles. The summed E-state index contributed by atoms with van der Waals surface area (Å²) in [6, 6.07) is 0. The predicted molar refractivity (Wildman–Crippen MR) is 44.0 cm³/mol. The molecule has 1 N–H and O–H groups in total. The summed E-state index contributed by atoms with van der Waals surface area (Å²) in [5.74, 6) is 0. The molecule has 1 atom stereocenters. The third kappa shape index (κ3) is 11.6. The number of nitrogens with zero attached hydrogens (tertiary/aromatic N) is 13. The van der Waals surface area contributed by atoms with Gasteiger partial charge in [0.2, 0.25) is 0 Å². The molecule has 15 heteroatoms. The molecule has 0 fully saturated rings. The van der Waals surface area contributed by atoms with Crippen molar-refractivity contribution in [2.45, 2.75) is 0 Å². The Balaban J connectivity index is 3.74. The molecule has 0 aromatic rings. The highest BCUT2D eigenvalue weighted by Gasteiger charge is 1.68. The summed E-state index contributed by atoms with van der Waals surface area (Å²) in [5, 5.41) is 35.1. The number of rotatable bonds is 6. The van der Waals surface area contributed by atoms with E-state index in [0.717, 1.165) is 0 Å². The summed E-state index contributed by atoms with van der Waals surface area (Å²) in [5.41, 5.74) is 6.16. The molecule has 0 radical (unpaired) electrons. The van der Waals surface area contributed by atoms with Gasteiger partial charge in [-0.1, -0.05) is 0 Å². The second-order valence-corrected chi connectivity index (χ2v) is 1.43. The van der Waals surface area contributed by atoms with Gasteiger partial charge < -0.3 is 0 Å². The summed E-state index contributed by atoms with van der Waals surface area (Å²) < 4.78 is 0. The van der Waals surface area contributed by atoms with Gasteiger partial charge in [-0.3, -0.25) is 0 Å². The molecule has 0 aliphatic rings. The fourth-order valence-electron chi connectivity index (χ4n) is 0.204. The van der Waals surface area contributed by atoms with Gasteiger partial charge in [-0.25, -0.2) is 0 Å². The molecule has 0 saturated heterocycles. The van der Waals surface area contributed by atoms with E-state index in [0.29, 0.717) is 0 Å². The lowest BCUT2D eigenvalue weighted by Gasteiger charge is -1.68. The van der Waals surface area contributed by atoms with E-state index in [2.05, 4.69) is 67.6 Å². The summed E-state index contributed by atoms with van der Waals surface area (Å²) in [4.78, 5) is 3.16. The number of hydrogen-bond donors (Lipinski definition) is 1. The Hall–Kier alpha value is -2.37. The van der Waals surface area contributed by atoms with Crippen LogP contribution in [-0.4, -0.2) is 0 Å². The van der Waals surface area contributed by atoms with Gasteiger partial charge in [0, 0.05) is 9.39 Å². The van der Waals surface area contributed by atoms with Gasteiger partial charge in [-0.2, -0.15) is 10.4 Å². The number of hydrogen-bond acceptors (Lipinski definition) is 2. The van der Waals surface area contributed by atoms with Gasteiger partial charge in [0.15, 0.2) is 0 Å². The SMILES string of the molecule is N=NN=NN=NN=NN=NN=NN=NP.